The number of nitrogens with one attached hydrogen (secondary N) is 3. The van der Waals surface area contributed by atoms with Crippen LogP contribution in [-0.2, 0) is 21.7 Å². The molecule has 0 spiro atoms. The van der Waals surface area contributed by atoms with Crippen LogP contribution in [-0.4, -0.2) is 51.8 Å². The average molecular weight is 523 g/mol. The topological polar surface area (TPSA) is 143 Å². The van der Waals surface area contributed by atoms with E-state index >= 15 is 0 Å². The molecule has 0 bridgehead atoms. The molecule has 0 radical (unpaired) electrons. The van der Waals surface area contributed by atoms with E-state index in [1.165, 1.54) is 16.2 Å². The van der Waals surface area contributed by atoms with E-state index in [0.717, 1.165) is 26.5 Å². The van der Waals surface area contributed by atoms with Crippen LogP contribution in [0.5, 0.6) is 5.75 Å². The molecule has 1 saturated heterocycles. The van der Waals surface area contributed by atoms with E-state index in [1.807, 2.05) is 32.9 Å². The average Bonchev–Trinajstić information content (AvgIpc) is 3.39. The number of pyridine rings is 1. The molecule has 2 aliphatic heterocycles. The third-order valence-electron chi connectivity index (χ3n) is 6.48. The van der Waals surface area contributed by atoms with Crippen molar-refractivity contribution in [2.24, 2.45) is 0 Å². The van der Waals surface area contributed by atoms with Gasteiger partial charge in [-0.1, -0.05) is 0 Å². The molecule has 1 fully saturated rings. The van der Waals surface area contributed by atoms with Crippen LogP contribution in [0.3, 0.4) is 0 Å². The van der Waals surface area contributed by atoms with E-state index in [-0.39, 0.29) is 37.0 Å². The van der Waals surface area contributed by atoms with Crippen molar-refractivity contribution in [3.05, 3.63) is 46.1 Å². The molecule has 2 aromatic heterocycles. The summed E-state index contributed by atoms with van der Waals surface area (Å²) in [6.45, 7) is 5.80. The molecule has 1 aromatic carbocycles. The van der Waals surface area contributed by atoms with Crippen LogP contribution in [0.2, 0.25) is 0 Å². The summed E-state index contributed by atoms with van der Waals surface area (Å²) in [6, 6.07) is 5.83. The lowest BCUT2D eigenvalue weighted by molar-refractivity contribution is -0.136. The van der Waals surface area contributed by atoms with E-state index < -0.39 is 23.5 Å². The van der Waals surface area contributed by atoms with Gasteiger partial charge >= 0.3 is 6.03 Å². The van der Waals surface area contributed by atoms with Crippen LogP contribution in [0.1, 0.15) is 53.3 Å². The number of methoxy groups -OCH3 is 1. The van der Waals surface area contributed by atoms with Gasteiger partial charge < -0.3 is 15.0 Å². The normalized spacial score (nSPS) is 17.6. The summed E-state index contributed by atoms with van der Waals surface area (Å²) < 4.78 is 6.36. The molecule has 0 saturated carbocycles. The molecule has 192 valence electrons. The van der Waals surface area contributed by atoms with Crippen molar-refractivity contribution in [1.29, 1.82) is 0 Å². The number of imide groups is 1. The van der Waals surface area contributed by atoms with Gasteiger partial charge in [-0.2, -0.15) is 0 Å². The fourth-order valence-electron chi connectivity index (χ4n) is 4.54. The van der Waals surface area contributed by atoms with Crippen LogP contribution >= 0.6 is 11.3 Å². The molecule has 1 unspecified atom stereocenters. The second-order valence-electron chi connectivity index (χ2n) is 9.60. The summed E-state index contributed by atoms with van der Waals surface area (Å²) in [5.74, 6) is -0.0968. The van der Waals surface area contributed by atoms with E-state index in [9.17, 15) is 19.2 Å². The van der Waals surface area contributed by atoms with Gasteiger partial charge in [0.15, 0.2) is 0 Å². The number of ether oxygens (including phenoxy) is 1. The highest BCUT2D eigenvalue weighted by molar-refractivity contribution is 7.18. The minimum atomic E-state index is -0.774. The molecular formula is C25H26N6O5S. The van der Waals surface area contributed by atoms with Gasteiger partial charge in [0.05, 0.1) is 40.7 Å². The fourth-order valence-corrected chi connectivity index (χ4v) is 5.57. The number of hydrogen-bond acceptors (Lipinski definition) is 8. The summed E-state index contributed by atoms with van der Waals surface area (Å²) in [7, 11) is 1.63. The van der Waals surface area contributed by atoms with Crippen molar-refractivity contribution in [3.63, 3.8) is 0 Å². The van der Waals surface area contributed by atoms with Crippen molar-refractivity contribution in [1.82, 2.24) is 25.5 Å². The lowest BCUT2D eigenvalue weighted by Gasteiger charge is -2.29. The van der Waals surface area contributed by atoms with E-state index in [2.05, 4.69) is 20.9 Å². The van der Waals surface area contributed by atoms with Gasteiger partial charge in [0.2, 0.25) is 11.8 Å². The largest absolute Gasteiger partial charge is 0.496 e. The first kappa shape index (κ1) is 24.6. The first-order valence-corrected chi connectivity index (χ1v) is 12.6. The summed E-state index contributed by atoms with van der Waals surface area (Å²) in [4.78, 5) is 59.9. The maximum atomic E-state index is 12.9. The Hall–Kier alpha value is -4.06. The summed E-state index contributed by atoms with van der Waals surface area (Å²) in [5.41, 5.74) is 1.87. The standard InChI is InChI=1S/C25H26N6O5S/c1-12-9-14-18(10-17(12)36-4)37-23(27-14)25(2,3)30-24(35)28-19-7-5-13-15(26-19)11-31(22(13)34)16-6-8-20(32)29-21(16)33/h5,7,9-10,16H,6,8,11H2,1-4H3,(H,29,32,33)(H2,26,28,30,35). The van der Waals surface area contributed by atoms with Crippen molar-refractivity contribution in [2.75, 3.05) is 12.4 Å². The van der Waals surface area contributed by atoms with Gasteiger partial charge in [-0.25, -0.2) is 14.8 Å². The Morgan fingerprint density at radius 1 is 1.22 bits per heavy atom. The van der Waals surface area contributed by atoms with Crippen molar-refractivity contribution >= 4 is 51.1 Å². The molecule has 0 aliphatic carbocycles. The molecule has 1 atom stereocenters. The van der Waals surface area contributed by atoms with Gasteiger partial charge in [0.1, 0.15) is 22.6 Å². The van der Waals surface area contributed by atoms with Gasteiger partial charge in [-0.05, 0) is 57.0 Å². The fraction of sp³-hybridized carbons (Fsp3) is 0.360. The number of urea groups is 1. The van der Waals surface area contributed by atoms with Crippen LogP contribution in [0.15, 0.2) is 24.3 Å². The van der Waals surface area contributed by atoms with Crippen LogP contribution in [0.25, 0.3) is 10.2 Å². The molecule has 12 heteroatoms. The second-order valence-corrected chi connectivity index (χ2v) is 10.6. The lowest BCUT2D eigenvalue weighted by atomic mass is 10.0. The zero-order valence-electron chi connectivity index (χ0n) is 20.8. The zero-order chi connectivity index (χ0) is 26.5. The van der Waals surface area contributed by atoms with Gasteiger partial charge in [-0.3, -0.25) is 25.0 Å². The Morgan fingerprint density at radius 3 is 2.73 bits per heavy atom. The van der Waals surface area contributed by atoms with Gasteiger partial charge in [-0.15, -0.1) is 11.3 Å². The number of benzene rings is 1. The minimum absolute atomic E-state index is 0.123. The predicted molar refractivity (Wildman–Crippen MR) is 136 cm³/mol. The quantitative estimate of drug-likeness (QED) is 0.437. The van der Waals surface area contributed by atoms with Crippen LogP contribution in [0.4, 0.5) is 10.6 Å². The molecule has 3 aromatic rings. The monoisotopic (exact) mass is 522 g/mol. The SMILES string of the molecule is COc1cc2sc(C(C)(C)NC(=O)Nc3ccc4c(n3)CN(C3CCC(=O)NC3=O)C4=O)nc2cc1C. The molecule has 4 heterocycles. The van der Waals surface area contributed by atoms with Crippen molar-refractivity contribution < 1.29 is 23.9 Å². The number of piperidine rings is 1. The number of thiazole rings is 1. The highest BCUT2D eigenvalue weighted by atomic mass is 32.1. The molecule has 11 nitrogen and oxygen atoms in total. The Kier molecular flexibility index (Phi) is 6.06. The number of anilines is 1. The summed E-state index contributed by atoms with van der Waals surface area (Å²) in [6.07, 6.45) is 0.444. The highest BCUT2D eigenvalue weighted by Gasteiger charge is 2.40. The Labute approximate surface area is 216 Å². The van der Waals surface area contributed by atoms with Crippen LogP contribution < -0.4 is 20.7 Å². The number of aryl methyl sites for hydroxylation is 1. The lowest BCUT2D eigenvalue weighted by Crippen LogP contribution is -2.52. The number of carbonyl (C=O) groups is 4. The number of hydrogen-bond donors (Lipinski definition) is 3. The van der Waals surface area contributed by atoms with E-state index in [1.54, 1.807) is 19.2 Å². The number of aromatic nitrogens is 2. The van der Waals surface area contributed by atoms with Gasteiger partial charge in [0, 0.05) is 6.42 Å². The summed E-state index contributed by atoms with van der Waals surface area (Å²) in [5, 5.41) is 8.67. The van der Waals surface area contributed by atoms with Crippen molar-refractivity contribution in [3.8, 4) is 5.75 Å². The minimum Gasteiger partial charge on any atom is -0.496 e. The van der Waals surface area contributed by atoms with Crippen LogP contribution in [0, 0.1) is 6.92 Å². The van der Waals surface area contributed by atoms with E-state index in [4.69, 9.17) is 9.72 Å². The van der Waals surface area contributed by atoms with E-state index in [0.29, 0.717) is 11.3 Å². The third-order valence-corrected chi connectivity index (χ3v) is 7.82. The first-order chi connectivity index (χ1) is 17.6. The summed E-state index contributed by atoms with van der Waals surface area (Å²) >= 11 is 1.48. The molecule has 2 aliphatic rings. The smallest absolute Gasteiger partial charge is 0.321 e. The van der Waals surface area contributed by atoms with Gasteiger partial charge in [0.25, 0.3) is 5.91 Å². The number of fused-ring (bicyclic) bond motifs is 2. The first-order valence-electron chi connectivity index (χ1n) is 11.7. The Morgan fingerprint density at radius 2 is 2.00 bits per heavy atom. The number of carbonyl (C=O) groups excluding carboxylic acids is 4. The number of amides is 5. The molecule has 3 N–H and O–H groups in total. The zero-order valence-corrected chi connectivity index (χ0v) is 21.6. The number of rotatable bonds is 5. The maximum absolute atomic E-state index is 12.9. The van der Waals surface area contributed by atoms with Crippen molar-refractivity contribution in [2.45, 2.75) is 51.7 Å². The molecule has 37 heavy (non-hydrogen) atoms. The number of nitrogens with zero attached hydrogens (tertiary/aromatic N) is 3. The second kappa shape index (κ2) is 9.11. The third kappa shape index (κ3) is 4.59. The Bertz CT molecular complexity index is 1470. The Balaban J connectivity index is 1.28. The molecule has 5 amide bonds. The highest BCUT2D eigenvalue weighted by Crippen LogP contribution is 2.34. The maximum Gasteiger partial charge on any atom is 0.321 e. The predicted octanol–water partition coefficient (Wildman–Crippen LogP) is 2.83. The molecular weight excluding hydrogens is 496 g/mol. The molecule has 5 rings (SSSR count).